The van der Waals surface area contributed by atoms with Crippen LogP contribution >= 0.6 is 0 Å². The summed E-state index contributed by atoms with van der Waals surface area (Å²) in [7, 11) is 0. The molecule has 0 amide bonds. The highest BCUT2D eigenvalue weighted by molar-refractivity contribution is 5.63. The van der Waals surface area contributed by atoms with Gasteiger partial charge < -0.3 is 24.8 Å². The standard InChI is InChI=1S/C30H37FN6O3/c31-21-14-29(7-2-10-37(29)17-21)19-39-28-34-25-15-30(8-1-4-20-5-6-24(33)22(16-32)26(20)30)40-18-23(25)27(35-28)36-9-3-12-38-13-11-36/h5-6,21H,1-4,7-15,17-19,33H2/t21-,29+,30-/m1/s1. The quantitative estimate of drug-likeness (QED) is 0.575. The molecule has 1 aromatic heterocycles. The van der Waals surface area contributed by atoms with Gasteiger partial charge in [-0.15, -0.1) is 0 Å². The highest BCUT2D eigenvalue weighted by atomic mass is 19.1. The van der Waals surface area contributed by atoms with Crippen molar-refractivity contribution < 1.29 is 18.6 Å². The van der Waals surface area contributed by atoms with Crippen LogP contribution in [0.15, 0.2) is 12.1 Å². The number of hydrogen-bond acceptors (Lipinski definition) is 9. The van der Waals surface area contributed by atoms with E-state index in [1.165, 1.54) is 0 Å². The molecule has 2 aromatic rings. The fourth-order valence-electron chi connectivity index (χ4n) is 7.77. The normalized spacial score (nSPS) is 29.9. The van der Waals surface area contributed by atoms with Crippen LogP contribution in [0.3, 0.4) is 0 Å². The fourth-order valence-corrected chi connectivity index (χ4v) is 7.77. The predicted octanol–water partition coefficient (Wildman–Crippen LogP) is 3.42. The number of fused-ring (bicyclic) bond motifs is 4. The fraction of sp³-hybridized carbons (Fsp3) is 0.633. The van der Waals surface area contributed by atoms with E-state index in [0.717, 1.165) is 93.0 Å². The molecule has 212 valence electrons. The Labute approximate surface area is 234 Å². The topological polar surface area (TPSA) is 110 Å². The summed E-state index contributed by atoms with van der Waals surface area (Å²) in [4.78, 5) is 14.4. The van der Waals surface area contributed by atoms with E-state index in [4.69, 9.17) is 29.9 Å². The third kappa shape index (κ3) is 4.30. The number of benzene rings is 1. The van der Waals surface area contributed by atoms with Gasteiger partial charge in [-0.2, -0.15) is 15.2 Å². The molecule has 0 radical (unpaired) electrons. The average molecular weight is 549 g/mol. The van der Waals surface area contributed by atoms with Gasteiger partial charge in [-0.1, -0.05) is 6.07 Å². The largest absolute Gasteiger partial charge is 0.461 e. The molecule has 3 fully saturated rings. The Balaban J connectivity index is 1.27. The first-order valence-electron chi connectivity index (χ1n) is 14.7. The summed E-state index contributed by atoms with van der Waals surface area (Å²) in [5.41, 5.74) is 10.2. The van der Waals surface area contributed by atoms with Crippen LogP contribution in [0.25, 0.3) is 0 Å². The van der Waals surface area contributed by atoms with Crippen LogP contribution in [-0.4, -0.2) is 72.6 Å². The van der Waals surface area contributed by atoms with Crippen molar-refractivity contribution in [2.24, 2.45) is 0 Å². The smallest absolute Gasteiger partial charge is 0.318 e. The Hall–Kier alpha value is -3.00. The van der Waals surface area contributed by atoms with Gasteiger partial charge in [-0.25, -0.2) is 4.39 Å². The van der Waals surface area contributed by atoms with Gasteiger partial charge in [0.1, 0.15) is 30.3 Å². The molecule has 4 aliphatic heterocycles. The molecule has 1 aromatic carbocycles. The van der Waals surface area contributed by atoms with E-state index >= 15 is 0 Å². The lowest BCUT2D eigenvalue weighted by Crippen LogP contribution is -2.44. The summed E-state index contributed by atoms with van der Waals surface area (Å²) in [6, 6.07) is 6.56. The highest BCUT2D eigenvalue weighted by Gasteiger charge is 2.50. The number of rotatable bonds is 4. The van der Waals surface area contributed by atoms with Crippen molar-refractivity contribution in [3.63, 3.8) is 0 Å². The number of aromatic nitrogens is 2. The second kappa shape index (κ2) is 10.1. The monoisotopic (exact) mass is 548 g/mol. The van der Waals surface area contributed by atoms with Crippen LogP contribution in [0.1, 0.15) is 66.5 Å². The van der Waals surface area contributed by atoms with Gasteiger partial charge in [0.2, 0.25) is 0 Å². The molecular formula is C30H37FN6O3. The molecule has 3 saturated heterocycles. The maximum atomic E-state index is 14.4. The first-order chi connectivity index (χ1) is 19.5. The Morgan fingerprint density at radius 1 is 1.15 bits per heavy atom. The van der Waals surface area contributed by atoms with Crippen LogP contribution in [0.5, 0.6) is 6.01 Å². The molecule has 3 atom stereocenters. The Bertz CT molecular complexity index is 1340. The second-order valence-electron chi connectivity index (χ2n) is 12.1. The van der Waals surface area contributed by atoms with E-state index in [1.807, 2.05) is 12.1 Å². The van der Waals surface area contributed by atoms with E-state index < -0.39 is 11.8 Å². The van der Waals surface area contributed by atoms with E-state index in [0.29, 0.717) is 56.5 Å². The van der Waals surface area contributed by atoms with Crippen molar-refractivity contribution in [1.29, 1.82) is 5.26 Å². The van der Waals surface area contributed by atoms with Gasteiger partial charge in [0, 0.05) is 55.9 Å². The molecule has 1 aliphatic carbocycles. The molecule has 10 heteroatoms. The molecule has 9 nitrogen and oxygen atoms in total. The number of nitrogens with zero attached hydrogens (tertiary/aromatic N) is 5. The summed E-state index contributed by atoms with van der Waals surface area (Å²) >= 11 is 0. The van der Waals surface area contributed by atoms with Gasteiger partial charge in [0.15, 0.2) is 0 Å². The molecule has 40 heavy (non-hydrogen) atoms. The number of ether oxygens (including phenoxy) is 3. The zero-order valence-corrected chi connectivity index (χ0v) is 23.0. The maximum Gasteiger partial charge on any atom is 0.318 e. The molecule has 2 N–H and O–H groups in total. The summed E-state index contributed by atoms with van der Waals surface area (Å²) in [5, 5.41) is 10.1. The minimum absolute atomic E-state index is 0.277. The Morgan fingerprint density at radius 3 is 2.98 bits per heavy atom. The molecule has 5 heterocycles. The summed E-state index contributed by atoms with van der Waals surface area (Å²) in [6.45, 7) is 5.05. The van der Waals surface area contributed by atoms with Crippen LogP contribution in [-0.2, 0) is 34.5 Å². The number of nitrogen functional groups attached to an aromatic ring is 1. The van der Waals surface area contributed by atoms with Crippen molar-refractivity contribution >= 4 is 11.5 Å². The average Bonchev–Trinajstić information content (AvgIpc) is 3.33. The van der Waals surface area contributed by atoms with E-state index in [-0.39, 0.29) is 5.54 Å². The predicted molar refractivity (Wildman–Crippen MR) is 147 cm³/mol. The molecule has 0 saturated carbocycles. The van der Waals surface area contributed by atoms with Crippen molar-refractivity contribution in [3.8, 4) is 12.1 Å². The van der Waals surface area contributed by atoms with Gasteiger partial charge in [0.25, 0.3) is 0 Å². The van der Waals surface area contributed by atoms with Crippen LogP contribution in [0, 0.1) is 11.3 Å². The third-order valence-corrected chi connectivity index (χ3v) is 9.67. The van der Waals surface area contributed by atoms with Crippen molar-refractivity contribution in [3.05, 3.63) is 40.1 Å². The Kier molecular flexibility index (Phi) is 6.56. The van der Waals surface area contributed by atoms with Crippen molar-refractivity contribution in [2.45, 2.75) is 75.3 Å². The van der Waals surface area contributed by atoms with Crippen molar-refractivity contribution in [1.82, 2.24) is 14.9 Å². The third-order valence-electron chi connectivity index (χ3n) is 9.67. The molecule has 0 unspecified atom stereocenters. The van der Waals surface area contributed by atoms with Gasteiger partial charge in [-0.05, 0) is 56.7 Å². The molecule has 0 bridgehead atoms. The first-order valence-corrected chi connectivity index (χ1v) is 14.7. The SMILES string of the molecule is N#Cc1c(N)ccc2c1[C@@]1(CCC2)Cc2nc(OC[C@@]34CCCN3C[C@H](F)C4)nc(N3CCCOCC3)c2CO1. The number of halogens is 1. The van der Waals surface area contributed by atoms with Crippen LogP contribution in [0.2, 0.25) is 0 Å². The second-order valence-corrected chi connectivity index (χ2v) is 12.1. The number of alkyl halides is 1. The number of nitriles is 1. The van der Waals surface area contributed by atoms with E-state index in [1.54, 1.807) is 0 Å². The number of aryl methyl sites for hydroxylation is 1. The van der Waals surface area contributed by atoms with Crippen LogP contribution in [0.4, 0.5) is 15.9 Å². The highest BCUT2D eigenvalue weighted by Crippen LogP contribution is 2.48. The molecule has 7 rings (SSSR count). The minimum atomic E-state index is -0.814. The molecule has 1 spiro atoms. The zero-order chi connectivity index (χ0) is 27.3. The van der Waals surface area contributed by atoms with Gasteiger partial charge in [0.05, 0.1) is 30.0 Å². The lowest BCUT2D eigenvalue weighted by atomic mass is 9.72. The summed E-state index contributed by atoms with van der Waals surface area (Å²) in [6.07, 6.45) is 5.76. The number of nitrogens with two attached hydrogens (primary N) is 1. The number of anilines is 2. The van der Waals surface area contributed by atoms with Gasteiger partial charge in [-0.3, -0.25) is 4.90 Å². The molecular weight excluding hydrogens is 511 g/mol. The first kappa shape index (κ1) is 25.9. The van der Waals surface area contributed by atoms with E-state index in [9.17, 15) is 9.65 Å². The summed E-state index contributed by atoms with van der Waals surface area (Å²) < 4.78 is 33.2. The van der Waals surface area contributed by atoms with Crippen LogP contribution < -0.4 is 15.4 Å². The van der Waals surface area contributed by atoms with Crippen molar-refractivity contribution in [2.75, 3.05) is 56.6 Å². The van der Waals surface area contributed by atoms with Gasteiger partial charge >= 0.3 is 6.01 Å². The lowest BCUT2D eigenvalue weighted by Gasteiger charge is -2.43. The van der Waals surface area contributed by atoms with E-state index in [2.05, 4.69) is 15.9 Å². The Morgan fingerprint density at radius 2 is 2.08 bits per heavy atom. The minimum Gasteiger partial charge on any atom is -0.461 e. The number of hydrogen-bond donors (Lipinski definition) is 1. The summed E-state index contributed by atoms with van der Waals surface area (Å²) in [5.74, 6) is 0.833. The molecule has 5 aliphatic rings. The lowest BCUT2D eigenvalue weighted by molar-refractivity contribution is -0.0857. The zero-order valence-electron chi connectivity index (χ0n) is 23.0. The maximum absolute atomic E-state index is 14.4.